The van der Waals surface area contributed by atoms with Crippen molar-refractivity contribution >= 4 is 23.9 Å². The molecule has 2 heterocycles. The molecule has 1 atom stereocenters. The van der Waals surface area contributed by atoms with E-state index < -0.39 is 11.9 Å². The van der Waals surface area contributed by atoms with Crippen LogP contribution in [0, 0.1) is 5.82 Å². The number of halogens is 1. The Morgan fingerprint density at radius 3 is 2.36 bits per heavy atom. The van der Waals surface area contributed by atoms with Crippen molar-refractivity contribution in [1.29, 1.82) is 0 Å². The molecule has 7 heteroatoms. The van der Waals surface area contributed by atoms with E-state index in [0.717, 1.165) is 16.2 Å². The number of anilines is 1. The lowest BCUT2D eigenvalue weighted by Gasteiger charge is -2.32. The van der Waals surface area contributed by atoms with Gasteiger partial charge in [0.05, 0.1) is 38.3 Å². The molecule has 0 spiro atoms. The third-order valence-corrected chi connectivity index (χ3v) is 4.31. The van der Waals surface area contributed by atoms with Gasteiger partial charge >= 0.3 is 0 Å². The highest BCUT2D eigenvalue weighted by atomic mass is 19.1. The van der Waals surface area contributed by atoms with Crippen molar-refractivity contribution in [3.05, 3.63) is 30.1 Å². The first kappa shape index (κ1) is 14.6. The van der Waals surface area contributed by atoms with Crippen LogP contribution in [0.2, 0.25) is 0 Å². The van der Waals surface area contributed by atoms with Gasteiger partial charge in [0.1, 0.15) is 5.82 Å². The van der Waals surface area contributed by atoms with Gasteiger partial charge in [-0.05, 0) is 24.3 Å². The summed E-state index contributed by atoms with van der Waals surface area (Å²) in [5.74, 6) is -0.909. The first-order valence-electron chi connectivity index (χ1n) is 7.26. The molecule has 1 N–H and O–H groups in total. The number of nitrogens with one attached hydrogen (secondary N) is 1. The van der Waals surface area contributed by atoms with Crippen LogP contribution in [-0.4, -0.2) is 55.3 Å². The molecule has 6 nitrogen and oxygen atoms in total. The van der Waals surface area contributed by atoms with Gasteiger partial charge < -0.3 is 9.80 Å². The summed E-state index contributed by atoms with van der Waals surface area (Å²) in [6.45, 7) is 2.49. The number of quaternary nitrogens is 1. The topological polar surface area (TPSA) is 62.1 Å². The Balaban J connectivity index is 1.74. The molecule has 0 saturated carbocycles. The fraction of sp³-hybridized carbons (Fsp3) is 0.400. The summed E-state index contributed by atoms with van der Waals surface area (Å²) in [4.78, 5) is 39.3. The largest absolute Gasteiger partial charge is 0.334 e. The summed E-state index contributed by atoms with van der Waals surface area (Å²) in [5.41, 5.74) is 0.407. The lowest BCUT2D eigenvalue weighted by Crippen LogP contribution is -3.19. The molecule has 3 amide bonds. The number of hydrogen-bond donors (Lipinski definition) is 1. The Morgan fingerprint density at radius 2 is 1.77 bits per heavy atom. The first-order valence-corrected chi connectivity index (χ1v) is 7.26. The molecule has 0 radical (unpaired) electrons. The predicted octanol–water partition coefficient (Wildman–Crippen LogP) is -1.19. The highest BCUT2D eigenvalue weighted by Crippen LogP contribution is 2.22. The molecule has 116 valence electrons. The summed E-state index contributed by atoms with van der Waals surface area (Å²) in [5, 5.41) is 0. The molecule has 2 saturated heterocycles. The Hall–Kier alpha value is -2.28. The minimum absolute atomic E-state index is 0.159. The van der Waals surface area contributed by atoms with Crippen molar-refractivity contribution in [3.8, 4) is 0 Å². The second kappa shape index (κ2) is 5.84. The molecule has 1 aromatic rings. The summed E-state index contributed by atoms with van der Waals surface area (Å²) in [6, 6.07) is 4.93. The maximum absolute atomic E-state index is 13.0. The summed E-state index contributed by atoms with van der Waals surface area (Å²) in [6.07, 6.45) is 0.968. The number of carbonyl (C=O) groups excluding carboxylic acids is 3. The fourth-order valence-corrected chi connectivity index (χ4v) is 3.08. The van der Waals surface area contributed by atoms with E-state index in [2.05, 4.69) is 0 Å². The third kappa shape index (κ3) is 2.59. The van der Waals surface area contributed by atoms with E-state index in [4.69, 9.17) is 0 Å². The molecule has 0 bridgehead atoms. The number of rotatable bonds is 3. The number of piperazine rings is 1. The molecule has 1 aromatic carbocycles. The van der Waals surface area contributed by atoms with Crippen LogP contribution in [0.5, 0.6) is 0 Å². The van der Waals surface area contributed by atoms with Crippen LogP contribution in [0.3, 0.4) is 0 Å². The smallest absolute Gasteiger partial charge is 0.292 e. The summed E-state index contributed by atoms with van der Waals surface area (Å²) >= 11 is 0. The van der Waals surface area contributed by atoms with E-state index >= 15 is 0 Å². The standard InChI is InChI=1S/C15H16FN3O3/c16-11-1-3-12(4-2-11)19-14(21)9-13(15(19)22)18-7-5-17(10-20)6-8-18/h1-4,10,13H,5-9H2/p+1/t13-/m1/s1. The molecule has 0 aromatic heterocycles. The minimum atomic E-state index is -0.411. The van der Waals surface area contributed by atoms with Gasteiger partial charge in [-0.25, -0.2) is 9.29 Å². The highest BCUT2D eigenvalue weighted by Gasteiger charge is 2.46. The molecular formula is C15H17FN3O3+. The van der Waals surface area contributed by atoms with Crippen LogP contribution in [0.25, 0.3) is 0 Å². The average molecular weight is 306 g/mol. The van der Waals surface area contributed by atoms with Crippen LogP contribution in [0.4, 0.5) is 10.1 Å². The van der Waals surface area contributed by atoms with Gasteiger partial charge in [0.15, 0.2) is 6.04 Å². The second-order valence-electron chi connectivity index (χ2n) is 5.60. The zero-order valence-electron chi connectivity index (χ0n) is 12.0. The summed E-state index contributed by atoms with van der Waals surface area (Å²) in [7, 11) is 0. The average Bonchev–Trinajstić information content (AvgIpc) is 2.83. The van der Waals surface area contributed by atoms with Crippen LogP contribution >= 0.6 is 0 Å². The second-order valence-corrected chi connectivity index (χ2v) is 5.60. The van der Waals surface area contributed by atoms with Crippen LogP contribution in [0.1, 0.15) is 6.42 Å². The van der Waals surface area contributed by atoms with E-state index in [-0.39, 0.29) is 18.2 Å². The van der Waals surface area contributed by atoms with Gasteiger partial charge in [0.2, 0.25) is 12.3 Å². The van der Waals surface area contributed by atoms with Crippen molar-refractivity contribution < 1.29 is 23.7 Å². The van der Waals surface area contributed by atoms with E-state index in [1.165, 1.54) is 24.3 Å². The SMILES string of the molecule is O=CN1CC[NH+]([C@@H]2CC(=O)N(c3ccc(F)cc3)C2=O)CC1. The van der Waals surface area contributed by atoms with Crippen LogP contribution in [0.15, 0.2) is 24.3 Å². The maximum Gasteiger partial charge on any atom is 0.292 e. The van der Waals surface area contributed by atoms with Gasteiger partial charge in [0.25, 0.3) is 5.91 Å². The number of amides is 3. The lowest BCUT2D eigenvalue weighted by atomic mass is 10.2. The molecule has 3 rings (SSSR count). The van der Waals surface area contributed by atoms with Crippen LogP contribution in [-0.2, 0) is 14.4 Å². The van der Waals surface area contributed by atoms with Gasteiger partial charge in [-0.15, -0.1) is 0 Å². The Labute approximate surface area is 127 Å². The van der Waals surface area contributed by atoms with Crippen molar-refractivity contribution in [2.45, 2.75) is 12.5 Å². The van der Waals surface area contributed by atoms with E-state index in [1.54, 1.807) is 4.90 Å². The monoisotopic (exact) mass is 306 g/mol. The van der Waals surface area contributed by atoms with E-state index in [9.17, 15) is 18.8 Å². The van der Waals surface area contributed by atoms with Gasteiger partial charge in [-0.3, -0.25) is 14.4 Å². The molecule has 0 unspecified atom stereocenters. The normalized spacial score (nSPS) is 23.2. The molecule has 2 aliphatic heterocycles. The van der Waals surface area contributed by atoms with Gasteiger partial charge in [-0.1, -0.05) is 0 Å². The Kier molecular flexibility index (Phi) is 3.89. The predicted molar refractivity (Wildman–Crippen MR) is 75.6 cm³/mol. The van der Waals surface area contributed by atoms with Crippen molar-refractivity contribution in [2.75, 3.05) is 31.1 Å². The number of nitrogens with zero attached hydrogens (tertiary/aromatic N) is 2. The molecule has 0 aliphatic carbocycles. The van der Waals surface area contributed by atoms with E-state index in [0.29, 0.717) is 31.9 Å². The van der Waals surface area contributed by atoms with Gasteiger partial charge in [-0.2, -0.15) is 0 Å². The fourth-order valence-electron chi connectivity index (χ4n) is 3.08. The Bertz CT molecular complexity index is 597. The zero-order chi connectivity index (χ0) is 15.7. The van der Waals surface area contributed by atoms with Crippen molar-refractivity contribution in [1.82, 2.24) is 4.90 Å². The molecule has 2 fully saturated rings. The van der Waals surface area contributed by atoms with E-state index in [1.807, 2.05) is 0 Å². The molecule has 22 heavy (non-hydrogen) atoms. The number of benzene rings is 1. The third-order valence-electron chi connectivity index (χ3n) is 4.31. The quantitative estimate of drug-likeness (QED) is 0.564. The van der Waals surface area contributed by atoms with Crippen LogP contribution < -0.4 is 9.80 Å². The minimum Gasteiger partial charge on any atom is -0.334 e. The number of hydrogen-bond acceptors (Lipinski definition) is 3. The van der Waals surface area contributed by atoms with Crippen molar-refractivity contribution in [2.24, 2.45) is 0 Å². The first-order chi connectivity index (χ1) is 10.6. The van der Waals surface area contributed by atoms with Crippen molar-refractivity contribution in [3.63, 3.8) is 0 Å². The zero-order valence-corrected chi connectivity index (χ0v) is 12.0. The number of imide groups is 1. The maximum atomic E-state index is 13.0. The highest BCUT2D eigenvalue weighted by molar-refractivity contribution is 6.21. The van der Waals surface area contributed by atoms with Gasteiger partial charge in [0, 0.05) is 0 Å². The Morgan fingerprint density at radius 1 is 1.14 bits per heavy atom. The lowest BCUT2D eigenvalue weighted by molar-refractivity contribution is -0.918. The molecular weight excluding hydrogens is 289 g/mol. The molecule has 2 aliphatic rings. The summed E-state index contributed by atoms with van der Waals surface area (Å²) < 4.78 is 13.0. The number of carbonyl (C=O) groups is 3.